The summed E-state index contributed by atoms with van der Waals surface area (Å²) < 4.78 is 5.65. The smallest absolute Gasteiger partial charge is 0.245 e. The quantitative estimate of drug-likeness (QED) is 0.898. The Morgan fingerprint density at radius 2 is 2.06 bits per heavy atom. The number of aryl methyl sites for hydroxylation is 1. The third kappa shape index (κ3) is 2.59. The number of ether oxygens (including phenoxy) is 1. The first-order valence-corrected chi connectivity index (χ1v) is 5.92. The van der Waals surface area contributed by atoms with Gasteiger partial charge in [0.15, 0.2) is 0 Å². The summed E-state index contributed by atoms with van der Waals surface area (Å²) >= 11 is 0. The van der Waals surface area contributed by atoms with Gasteiger partial charge in [-0.15, -0.1) is 0 Å². The van der Waals surface area contributed by atoms with Crippen LogP contribution in [0.4, 0.5) is 5.69 Å². The molecule has 1 aromatic carbocycles. The molecule has 0 fully saturated rings. The number of rotatable bonds is 3. The highest BCUT2D eigenvalue weighted by atomic mass is 16.5. The van der Waals surface area contributed by atoms with Crippen molar-refractivity contribution in [1.29, 1.82) is 0 Å². The van der Waals surface area contributed by atoms with E-state index in [0.29, 0.717) is 17.5 Å². The maximum atomic E-state index is 5.73. The van der Waals surface area contributed by atoms with E-state index >= 15 is 0 Å². The number of nitrogens with zero attached hydrogens (tertiary/aromatic N) is 2. The molecule has 0 aliphatic heterocycles. The van der Waals surface area contributed by atoms with Crippen LogP contribution < -0.4 is 10.5 Å². The topological polar surface area (TPSA) is 61.0 Å². The normalized spacial score (nSPS) is 10.7. The fourth-order valence-electron chi connectivity index (χ4n) is 1.89. The third-order valence-corrected chi connectivity index (χ3v) is 2.78. The molecule has 94 valence electrons. The molecule has 0 unspecified atom stereocenters. The van der Waals surface area contributed by atoms with Crippen LogP contribution in [-0.2, 0) is 0 Å². The lowest BCUT2D eigenvalue weighted by Crippen LogP contribution is -1.97. The molecule has 0 bridgehead atoms. The van der Waals surface area contributed by atoms with Gasteiger partial charge in [-0.25, -0.2) is 4.98 Å². The van der Waals surface area contributed by atoms with Gasteiger partial charge in [0.2, 0.25) is 5.88 Å². The Labute approximate surface area is 107 Å². The molecule has 0 aliphatic carbocycles. The molecule has 0 atom stereocenters. The van der Waals surface area contributed by atoms with E-state index in [4.69, 9.17) is 10.5 Å². The summed E-state index contributed by atoms with van der Waals surface area (Å²) in [6, 6.07) is 6.01. The first-order valence-electron chi connectivity index (χ1n) is 5.92. The Kier molecular flexibility index (Phi) is 3.46. The molecule has 2 aromatic rings. The largest absolute Gasteiger partial charge is 0.437 e. The molecule has 2 rings (SSSR count). The second-order valence-corrected chi connectivity index (χ2v) is 4.56. The van der Waals surface area contributed by atoms with Crippen molar-refractivity contribution < 1.29 is 4.74 Å². The van der Waals surface area contributed by atoms with E-state index in [2.05, 4.69) is 36.8 Å². The molecule has 1 aromatic heterocycles. The fourth-order valence-corrected chi connectivity index (χ4v) is 1.89. The van der Waals surface area contributed by atoms with Crippen molar-refractivity contribution in [2.24, 2.45) is 0 Å². The maximum Gasteiger partial charge on any atom is 0.245 e. The van der Waals surface area contributed by atoms with Crippen LogP contribution in [0.15, 0.2) is 30.7 Å². The highest BCUT2D eigenvalue weighted by Gasteiger charge is 2.07. The second kappa shape index (κ2) is 5.04. The van der Waals surface area contributed by atoms with Crippen LogP contribution in [0.25, 0.3) is 0 Å². The predicted octanol–water partition coefficient (Wildman–Crippen LogP) is 3.28. The van der Waals surface area contributed by atoms with Crippen molar-refractivity contribution in [2.75, 3.05) is 5.73 Å². The minimum Gasteiger partial charge on any atom is -0.437 e. The van der Waals surface area contributed by atoms with Gasteiger partial charge in [0, 0.05) is 0 Å². The zero-order valence-corrected chi connectivity index (χ0v) is 10.8. The SMILES string of the molecule is Cc1cc(Oc2ncncc2N)ccc1C(C)C. The molecule has 0 spiro atoms. The van der Waals surface area contributed by atoms with E-state index in [1.54, 1.807) is 0 Å². The van der Waals surface area contributed by atoms with E-state index in [-0.39, 0.29) is 0 Å². The van der Waals surface area contributed by atoms with Gasteiger partial charge in [0.25, 0.3) is 0 Å². The monoisotopic (exact) mass is 243 g/mol. The number of anilines is 1. The van der Waals surface area contributed by atoms with Gasteiger partial charge in [0.05, 0.1) is 6.20 Å². The third-order valence-electron chi connectivity index (χ3n) is 2.78. The van der Waals surface area contributed by atoms with Crippen LogP contribution >= 0.6 is 0 Å². The summed E-state index contributed by atoms with van der Waals surface area (Å²) in [5, 5.41) is 0. The lowest BCUT2D eigenvalue weighted by Gasteiger charge is -2.12. The van der Waals surface area contributed by atoms with Crippen LogP contribution in [-0.4, -0.2) is 9.97 Å². The van der Waals surface area contributed by atoms with E-state index in [1.165, 1.54) is 23.7 Å². The Hall–Kier alpha value is -2.10. The summed E-state index contributed by atoms with van der Waals surface area (Å²) in [5.41, 5.74) is 8.69. The number of hydrogen-bond donors (Lipinski definition) is 1. The number of aromatic nitrogens is 2. The highest BCUT2D eigenvalue weighted by molar-refractivity contribution is 5.47. The van der Waals surface area contributed by atoms with Gasteiger partial charge < -0.3 is 10.5 Å². The number of hydrogen-bond acceptors (Lipinski definition) is 4. The van der Waals surface area contributed by atoms with Crippen LogP contribution in [0.3, 0.4) is 0 Å². The van der Waals surface area contributed by atoms with Gasteiger partial charge >= 0.3 is 0 Å². The number of nitrogens with two attached hydrogens (primary N) is 1. The minimum atomic E-state index is 0.390. The minimum absolute atomic E-state index is 0.390. The molecule has 4 heteroatoms. The molecular weight excluding hydrogens is 226 g/mol. The van der Waals surface area contributed by atoms with Crippen molar-refractivity contribution in [1.82, 2.24) is 9.97 Å². The van der Waals surface area contributed by atoms with E-state index in [1.807, 2.05) is 12.1 Å². The average molecular weight is 243 g/mol. The summed E-state index contributed by atoms with van der Waals surface area (Å²) in [4.78, 5) is 7.83. The van der Waals surface area contributed by atoms with Gasteiger partial charge in [-0.05, 0) is 36.1 Å². The number of benzene rings is 1. The molecule has 1 heterocycles. The molecule has 18 heavy (non-hydrogen) atoms. The standard InChI is InChI=1S/C14H17N3O/c1-9(2)12-5-4-11(6-10(12)3)18-14-13(15)7-16-8-17-14/h4-9H,15H2,1-3H3. The van der Waals surface area contributed by atoms with Crippen LogP contribution in [0.1, 0.15) is 30.9 Å². The molecule has 0 saturated heterocycles. The molecule has 4 nitrogen and oxygen atoms in total. The first kappa shape index (κ1) is 12.4. The van der Waals surface area contributed by atoms with Gasteiger partial charge in [-0.2, -0.15) is 4.98 Å². The van der Waals surface area contributed by atoms with Crippen LogP contribution in [0.2, 0.25) is 0 Å². The predicted molar refractivity (Wildman–Crippen MR) is 71.8 cm³/mol. The number of nitrogen functional groups attached to an aromatic ring is 1. The van der Waals surface area contributed by atoms with Crippen LogP contribution in [0.5, 0.6) is 11.6 Å². The lowest BCUT2D eigenvalue weighted by molar-refractivity contribution is 0.463. The summed E-state index contributed by atoms with van der Waals surface area (Å²) in [6.45, 7) is 6.42. The van der Waals surface area contributed by atoms with Crippen molar-refractivity contribution in [2.45, 2.75) is 26.7 Å². The van der Waals surface area contributed by atoms with E-state index < -0.39 is 0 Å². The molecule has 0 amide bonds. The Bertz CT molecular complexity index is 552. The summed E-state index contributed by atoms with van der Waals surface area (Å²) in [7, 11) is 0. The first-order chi connectivity index (χ1) is 8.58. The Balaban J connectivity index is 2.26. The Morgan fingerprint density at radius 1 is 1.28 bits per heavy atom. The summed E-state index contributed by atoms with van der Waals surface area (Å²) in [6.07, 6.45) is 2.94. The lowest BCUT2D eigenvalue weighted by atomic mass is 9.98. The molecule has 0 saturated carbocycles. The van der Waals surface area contributed by atoms with Gasteiger partial charge in [-0.1, -0.05) is 19.9 Å². The van der Waals surface area contributed by atoms with Crippen LogP contribution in [0, 0.1) is 6.92 Å². The van der Waals surface area contributed by atoms with Crippen molar-refractivity contribution in [3.63, 3.8) is 0 Å². The summed E-state index contributed by atoms with van der Waals surface area (Å²) in [5.74, 6) is 1.63. The average Bonchev–Trinajstić information content (AvgIpc) is 2.32. The van der Waals surface area contributed by atoms with Crippen molar-refractivity contribution >= 4 is 5.69 Å². The zero-order valence-electron chi connectivity index (χ0n) is 10.8. The Morgan fingerprint density at radius 3 is 2.67 bits per heavy atom. The molecule has 0 aliphatic rings. The maximum absolute atomic E-state index is 5.73. The van der Waals surface area contributed by atoms with Gasteiger partial charge in [-0.3, -0.25) is 0 Å². The second-order valence-electron chi connectivity index (χ2n) is 4.56. The highest BCUT2D eigenvalue weighted by Crippen LogP contribution is 2.28. The molecular formula is C14H17N3O. The van der Waals surface area contributed by atoms with Crippen molar-refractivity contribution in [3.05, 3.63) is 41.9 Å². The zero-order chi connectivity index (χ0) is 13.1. The van der Waals surface area contributed by atoms with E-state index in [9.17, 15) is 0 Å². The van der Waals surface area contributed by atoms with E-state index in [0.717, 1.165) is 5.75 Å². The van der Waals surface area contributed by atoms with Crippen molar-refractivity contribution in [3.8, 4) is 11.6 Å². The van der Waals surface area contributed by atoms with Gasteiger partial charge in [0.1, 0.15) is 17.8 Å². The molecule has 0 radical (unpaired) electrons. The fraction of sp³-hybridized carbons (Fsp3) is 0.286. The molecule has 2 N–H and O–H groups in total.